The molecule has 0 bridgehead atoms. The van der Waals surface area contributed by atoms with Crippen molar-refractivity contribution in [2.45, 2.75) is 37.3 Å². The Kier molecular flexibility index (Phi) is 2.56. The van der Waals surface area contributed by atoms with Crippen molar-refractivity contribution in [1.29, 1.82) is 0 Å². The molecule has 0 saturated heterocycles. The van der Waals surface area contributed by atoms with E-state index in [1.54, 1.807) is 0 Å². The van der Waals surface area contributed by atoms with E-state index in [-0.39, 0.29) is 6.10 Å². The molecule has 2 heterocycles. The van der Waals surface area contributed by atoms with Crippen LogP contribution >= 0.6 is 11.6 Å². The summed E-state index contributed by atoms with van der Waals surface area (Å²) in [4.78, 5) is 4.43. The number of benzene rings is 1. The second-order valence-corrected chi connectivity index (χ2v) is 5.97. The van der Waals surface area contributed by atoms with Crippen LogP contribution in [0.5, 0.6) is 5.75 Å². The van der Waals surface area contributed by atoms with Crippen molar-refractivity contribution in [1.82, 2.24) is 10.1 Å². The first-order chi connectivity index (χ1) is 9.64. The molecule has 2 N–H and O–H groups in total. The number of fused-ring (bicyclic) bond motifs is 1. The number of nitrogens with two attached hydrogens (primary N) is 1. The second-order valence-electron chi connectivity index (χ2n) is 5.53. The van der Waals surface area contributed by atoms with E-state index in [2.05, 4.69) is 10.1 Å². The lowest BCUT2D eigenvalue weighted by Crippen LogP contribution is -2.44. The maximum absolute atomic E-state index is 6.20. The van der Waals surface area contributed by atoms with Crippen LogP contribution in [0.2, 0.25) is 5.02 Å². The summed E-state index contributed by atoms with van der Waals surface area (Å²) in [6, 6.07) is 5.58. The van der Waals surface area contributed by atoms with Crippen molar-refractivity contribution >= 4 is 11.6 Å². The second kappa shape index (κ2) is 4.20. The first-order valence-corrected chi connectivity index (χ1v) is 7.10. The molecule has 1 aromatic heterocycles. The molecule has 0 amide bonds. The Hall–Kier alpha value is -1.59. The lowest BCUT2D eigenvalue weighted by atomic mass is 9.77. The van der Waals surface area contributed by atoms with E-state index < -0.39 is 5.54 Å². The average Bonchev–Trinajstić information content (AvgIpc) is 3.01. The highest BCUT2D eigenvalue weighted by atomic mass is 35.5. The van der Waals surface area contributed by atoms with E-state index in [1.807, 2.05) is 18.2 Å². The van der Waals surface area contributed by atoms with Crippen molar-refractivity contribution < 1.29 is 9.26 Å². The van der Waals surface area contributed by atoms with Crippen molar-refractivity contribution in [3.05, 3.63) is 40.5 Å². The minimum absolute atomic E-state index is 0.242. The molecule has 1 unspecified atom stereocenters. The smallest absolute Gasteiger partial charge is 0.268 e. The fourth-order valence-electron chi connectivity index (χ4n) is 2.70. The Morgan fingerprint density at radius 1 is 1.35 bits per heavy atom. The van der Waals surface area contributed by atoms with Gasteiger partial charge in [-0.2, -0.15) is 4.98 Å². The minimum Gasteiger partial charge on any atom is -0.480 e. The number of ether oxygens (including phenoxy) is 1. The van der Waals surface area contributed by atoms with Gasteiger partial charge in [-0.05, 0) is 43.0 Å². The zero-order valence-electron chi connectivity index (χ0n) is 10.8. The SMILES string of the molecule is NC1(c2noc(C3Cc4cc(Cl)ccc4O3)n2)CCC1. The van der Waals surface area contributed by atoms with Crippen LogP contribution in [-0.4, -0.2) is 10.1 Å². The number of halogens is 1. The molecule has 4 rings (SSSR count). The summed E-state index contributed by atoms with van der Waals surface area (Å²) in [7, 11) is 0. The van der Waals surface area contributed by atoms with Crippen LogP contribution in [0.3, 0.4) is 0 Å². The predicted octanol–water partition coefficient (Wildman–Crippen LogP) is 2.74. The summed E-state index contributed by atoms with van der Waals surface area (Å²) < 4.78 is 11.2. The molecule has 2 aromatic rings. The van der Waals surface area contributed by atoms with Gasteiger partial charge < -0.3 is 15.0 Å². The van der Waals surface area contributed by atoms with Gasteiger partial charge in [0.25, 0.3) is 5.89 Å². The van der Waals surface area contributed by atoms with E-state index in [4.69, 9.17) is 26.6 Å². The summed E-state index contributed by atoms with van der Waals surface area (Å²) in [6.45, 7) is 0. The summed E-state index contributed by atoms with van der Waals surface area (Å²) in [5.41, 5.74) is 6.85. The Balaban J connectivity index is 1.58. The molecule has 0 radical (unpaired) electrons. The molecule has 1 aliphatic heterocycles. The molecule has 20 heavy (non-hydrogen) atoms. The molecular formula is C14H14ClN3O2. The van der Waals surface area contributed by atoms with Gasteiger partial charge in [-0.1, -0.05) is 16.8 Å². The first kappa shape index (κ1) is 12.2. The number of nitrogens with zero attached hydrogens (tertiary/aromatic N) is 2. The normalized spacial score (nSPS) is 23.0. The Morgan fingerprint density at radius 3 is 2.95 bits per heavy atom. The van der Waals surface area contributed by atoms with E-state index in [1.165, 1.54) is 0 Å². The molecule has 1 aliphatic carbocycles. The molecule has 1 fully saturated rings. The van der Waals surface area contributed by atoms with Crippen LogP contribution in [-0.2, 0) is 12.0 Å². The fourth-order valence-corrected chi connectivity index (χ4v) is 2.90. The molecule has 0 spiro atoms. The van der Waals surface area contributed by atoms with Crippen molar-refractivity contribution in [2.75, 3.05) is 0 Å². The predicted molar refractivity (Wildman–Crippen MR) is 72.5 cm³/mol. The van der Waals surface area contributed by atoms with E-state index >= 15 is 0 Å². The Labute approximate surface area is 121 Å². The van der Waals surface area contributed by atoms with Gasteiger partial charge in [0.1, 0.15) is 5.75 Å². The van der Waals surface area contributed by atoms with Crippen LogP contribution in [0, 0.1) is 0 Å². The third-order valence-corrected chi connectivity index (χ3v) is 4.34. The van der Waals surface area contributed by atoms with Crippen LogP contribution < -0.4 is 10.5 Å². The highest BCUT2D eigenvalue weighted by Crippen LogP contribution is 2.40. The fraction of sp³-hybridized carbons (Fsp3) is 0.429. The van der Waals surface area contributed by atoms with Gasteiger partial charge >= 0.3 is 0 Å². The quantitative estimate of drug-likeness (QED) is 0.921. The molecule has 1 saturated carbocycles. The topological polar surface area (TPSA) is 74.2 Å². The van der Waals surface area contributed by atoms with Crippen molar-refractivity contribution in [3.8, 4) is 5.75 Å². The average molecular weight is 292 g/mol. The van der Waals surface area contributed by atoms with Gasteiger partial charge in [-0.25, -0.2) is 0 Å². The van der Waals surface area contributed by atoms with Gasteiger partial charge in [0, 0.05) is 11.4 Å². The van der Waals surface area contributed by atoms with E-state index in [9.17, 15) is 0 Å². The van der Waals surface area contributed by atoms with Gasteiger partial charge in [0.15, 0.2) is 11.9 Å². The maximum atomic E-state index is 6.20. The van der Waals surface area contributed by atoms with Gasteiger partial charge in [-0.15, -0.1) is 0 Å². The zero-order valence-corrected chi connectivity index (χ0v) is 11.6. The molecular weight excluding hydrogens is 278 g/mol. The molecule has 5 nitrogen and oxygen atoms in total. The third kappa shape index (κ3) is 1.81. The Morgan fingerprint density at radius 2 is 2.20 bits per heavy atom. The molecule has 2 aliphatic rings. The first-order valence-electron chi connectivity index (χ1n) is 6.72. The standard InChI is InChI=1S/C14H14ClN3O2/c15-9-2-3-10-8(6-9)7-11(19-10)12-17-13(18-20-12)14(16)4-1-5-14/h2-3,6,11H,1,4-5,7,16H2. The van der Waals surface area contributed by atoms with Crippen LogP contribution in [0.15, 0.2) is 22.7 Å². The summed E-state index contributed by atoms with van der Waals surface area (Å²) >= 11 is 5.98. The van der Waals surface area contributed by atoms with Crippen LogP contribution in [0.1, 0.15) is 42.6 Å². The lowest BCUT2D eigenvalue weighted by molar-refractivity contribution is 0.182. The summed E-state index contributed by atoms with van der Waals surface area (Å²) in [5.74, 6) is 1.91. The highest BCUT2D eigenvalue weighted by Gasteiger charge is 2.40. The largest absolute Gasteiger partial charge is 0.480 e. The highest BCUT2D eigenvalue weighted by molar-refractivity contribution is 6.30. The molecule has 1 atom stereocenters. The monoisotopic (exact) mass is 291 g/mol. The van der Waals surface area contributed by atoms with Crippen molar-refractivity contribution in [3.63, 3.8) is 0 Å². The number of rotatable bonds is 2. The third-order valence-electron chi connectivity index (χ3n) is 4.11. The maximum Gasteiger partial charge on any atom is 0.268 e. The minimum atomic E-state index is -0.406. The van der Waals surface area contributed by atoms with E-state index in [0.29, 0.717) is 23.2 Å². The molecule has 104 valence electrons. The van der Waals surface area contributed by atoms with Gasteiger partial charge in [-0.3, -0.25) is 0 Å². The Bertz CT molecular complexity index is 666. The molecule has 6 heteroatoms. The summed E-state index contributed by atoms with van der Waals surface area (Å²) in [6.07, 6.45) is 3.38. The number of hydrogen-bond donors (Lipinski definition) is 1. The molecule has 1 aromatic carbocycles. The van der Waals surface area contributed by atoms with Gasteiger partial charge in [0.05, 0.1) is 5.54 Å². The lowest BCUT2D eigenvalue weighted by Gasteiger charge is -2.34. The van der Waals surface area contributed by atoms with Crippen molar-refractivity contribution in [2.24, 2.45) is 5.73 Å². The van der Waals surface area contributed by atoms with E-state index in [0.717, 1.165) is 30.6 Å². The van der Waals surface area contributed by atoms with Crippen LogP contribution in [0.4, 0.5) is 0 Å². The zero-order chi connectivity index (χ0) is 13.7. The van der Waals surface area contributed by atoms with Gasteiger partial charge in [0.2, 0.25) is 0 Å². The summed E-state index contributed by atoms with van der Waals surface area (Å²) in [5, 5.41) is 4.72. The van der Waals surface area contributed by atoms with Crippen LogP contribution in [0.25, 0.3) is 0 Å². The number of hydrogen-bond acceptors (Lipinski definition) is 5. The number of aromatic nitrogens is 2.